The molecule has 0 fully saturated rings. The molecule has 27 heavy (non-hydrogen) atoms. The van der Waals surface area contributed by atoms with E-state index in [1.165, 1.54) is 63.1 Å². The van der Waals surface area contributed by atoms with E-state index in [-0.39, 0.29) is 25.0 Å². The van der Waals surface area contributed by atoms with Crippen LogP contribution in [0.25, 0.3) is 0 Å². The number of hydrogen-bond donors (Lipinski definition) is 3. The smallest absolute Gasteiger partial charge is 0.411 e. The molecule has 0 saturated heterocycles. The van der Waals surface area contributed by atoms with Crippen LogP contribution < -0.4 is 5.32 Å². The van der Waals surface area contributed by atoms with E-state index >= 15 is 0 Å². The fraction of sp³-hybridized carbons (Fsp3) is 0.600. The molecular formula is C20H31NO5Zn. The number of carbonyl (C=O) groups excluding carboxylic acids is 1. The Balaban J connectivity index is 0.00000676. The third kappa shape index (κ3) is 11.6. The van der Waals surface area contributed by atoms with Crippen molar-refractivity contribution in [1.29, 1.82) is 0 Å². The van der Waals surface area contributed by atoms with Gasteiger partial charge in [-0.15, -0.1) is 0 Å². The first kappa shape index (κ1) is 25.4. The Bertz CT molecular complexity index is 565. The molecule has 148 valence electrons. The van der Waals surface area contributed by atoms with Crippen molar-refractivity contribution in [3.05, 3.63) is 23.8 Å². The largest absolute Gasteiger partial charge is 0.507 e. The molecule has 0 aliphatic carbocycles. The number of phenols is 1. The SMILES string of the molecule is CCCCCCCCCCCCOC(=O)Nc1ccc(C(=O)O)c(O)c1.[Zn]. The standard InChI is InChI=1S/C20H31NO5.Zn/c1-2-3-4-5-6-7-8-9-10-11-14-26-20(25)21-16-12-13-17(19(23)24)18(22)15-16;/h12-13,15,22H,2-11,14H2,1H3,(H,21,25)(H,23,24);. The Hall–Kier alpha value is -1.62. The molecule has 0 saturated carbocycles. The summed E-state index contributed by atoms with van der Waals surface area (Å²) in [6.07, 6.45) is 11.5. The third-order valence-corrected chi connectivity index (χ3v) is 4.21. The Labute approximate surface area is 174 Å². The van der Waals surface area contributed by atoms with Crippen molar-refractivity contribution >= 4 is 17.7 Å². The number of unbranched alkanes of at least 4 members (excludes halogenated alkanes) is 9. The number of carboxylic acids is 1. The van der Waals surface area contributed by atoms with Crippen molar-refractivity contribution in [3.63, 3.8) is 0 Å². The molecule has 0 aliphatic rings. The molecular weight excluding hydrogens is 400 g/mol. The zero-order valence-electron chi connectivity index (χ0n) is 16.3. The molecule has 0 spiro atoms. The van der Waals surface area contributed by atoms with E-state index in [0.29, 0.717) is 12.3 Å². The van der Waals surface area contributed by atoms with Gasteiger partial charge in [0.2, 0.25) is 0 Å². The summed E-state index contributed by atoms with van der Waals surface area (Å²) in [5, 5.41) is 20.9. The second kappa shape index (κ2) is 15.4. The summed E-state index contributed by atoms with van der Waals surface area (Å²) >= 11 is 0. The zero-order chi connectivity index (χ0) is 19.2. The molecule has 0 atom stereocenters. The summed E-state index contributed by atoms with van der Waals surface area (Å²) in [5.41, 5.74) is 0.0786. The average molecular weight is 431 g/mol. The van der Waals surface area contributed by atoms with E-state index in [1.54, 1.807) is 0 Å². The van der Waals surface area contributed by atoms with Crippen LogP contribution in [0.15, 0.2) is 18.2 Å². The normalized spacial score (nSPS) is 10.1. The van der Waals surface area contributed by atoms with E-state index in [4.69, 9.17) is 9.84 Å². The van der Waals surface area contributed by atoms with Crippen molar-refractivity contribution in [2.75, 3.05) is 11.9 Å². The first-order chi connectivity index (χ1) is 12.5. The molecule has 7 heteroatoms. The van der Waals surface area contributed by atoms with E-state index in [2.05, 4.69) is 12.2 Å². The summed E-state index contributed by atoms with van der Waals surface area (Å²) in [6, 6.07) is 3.83. The summed E-state index contributed by atoms with van der Waals surface area (Å²) in [7, 11) is 0. The second-order valence-electron chi connectivity index (χ2n) is 6.48. The van der Waals surface area contributed by atoms with Gasteiger partial charge in [0.05, 0.1) is 6.61 Å². The molecule has 0 aromatic heterocycles. The van der Waals surface area contributed by atoms with Gasteiger partial charge in [-0.25, -0.2) is 9.59 Å². The predicted octanol–water partition coefficient (Wildman–Crippen LogP) is 5.56. The van der Waals surface area contributed by atoms with Crippen LogP contribution in [-0.2, 0) is 24.2 Å². The molecule has 6 nitrogen and oxygen atoms in total. The average Bonchev–Trinajstić information content (AvgIpc) is 2.59. The van der Waals surface area contributed by atoms with Crippen LogP contribution in [0.1, 0.15) is 81.5 Å². The molecule has 0 unspecified atom stereocenters. The molecule has 0 radical (unpaired) electrons. The number of nitrogens with one attached hydrogen (secondary N) is 1. The number of aromatic hydroxyl groups is 1. The van der Waals surface area contributed by atoms with Gasteiger partial charge in [0.25, 0.3) is 0 Å². The van der Waals surface area contributed by atoms with E-state index in [0.717, 1.165) is 19.3 Å². The number of carbonyl (C=O) groups is 2. The maximum absolute atomic E-state index is 11.7. The number of amides is 1. The quantitative estimate of drug-likeness (QED) is 0.281. The summed E-state index contributed by atoms with van der Waals surface area (Å²) < 4.78 is 5.09. The van der Waals surface area contributed by atoms with Crippen LogP contribution >= 0.6 is 0 Å². The van der Waals surface area contributed by atoms with E-state index in [9.17, 15) is 14.7 Å². The third-order valence-electron chi connectivity index (χ3n) is 4.21. The number of aromatic carboxylic acids is 1. The van der Waals surface area contributed by atoms with Crippen molar-refractivity contribution < 1.29 is 44.0 Å². The molecule has 0 heterocycles. The topological polar surface area (TPSA) is 95.9 Å². The van der Waals surface area contributed by atoms with Crippen LogP contribution in [0.3, 0.4) is 0 Å². The van der Waals surface area contributed by atoms with Crippen LogP contribution in [0.2, 0.25) is 0 Å². The number of anilines is 1. The number of ether oxygens (including phenoxy) is 1. The maximum atomic E-state index is 11.7. The molecule has 0 bridgehead atoms. The summed E-state index contributed by atoms with van der Waals surface area (Å²) in [4.78, 5) is 22.5. The summed E-state index contributed by atoms with van der Waals surface area (Å²) in [6.45, 7) is 2.57. The van der Waals surface area contributed by atoms with Crippen molar-refractivity contribution in [3.8, 4) is 5.75 Å². The number of rotatable bonds is 13. The first-order valence-electron chi connectivity index (χ1n) is 9.54. The molecule has 1 rings (SSSR count). The molecule has 1 amide bonds. The Morgan fingerprint density at radius 1 is 0.963 bits per heavy atom. The molecule has 0 aliphatic heterocycles. The summed E-state index contributed by atoms with van der Waals surface area (Å²) in [5.74, 6) is -1.62. The maximum Gasteiger partial charge on any atom is 0.411 e. The number of hydrogen-bond acceptors (Lipinski definition) is 4. The fourth-order valence-corrected chi connectivity index (χ4v) is 2.70. The van der Waals surface area contributed by atoms with Crippen molar-refractivity contribution in [2.24, 2.45) is 0 Å². The van der Waals surface area contributed by atoms with Gasteiger partial charge >= 0.3 is 12.1 Å². The van der Waals surface area contributed by atoms with Gasteiger partial charge in [-0.1, -0.05) is 64.7 Å². The second-order valence-corrected chi connectivity index (χ2v) is 6.48. The monoisotopic (exact) mass is 429 g/mol. The van der Waals surface area contributed by atoms with E-state index < -0.39 is 17.8 Å². The Morgan fingerprint density at radius 2 is 1.52 bits per heavy atom. The minimum Gasteiger partial charge on any atom is -0.507 e. The first-order valence-corrected chi connectivity index (χ1v) is 9.54. The predicted molar refractivity (Wildman–Crippen MR) is 102 cm³/mol. The van der Waals surface area contributed by atoms with Gasteiger partial charge in [0.1, 0.15) is 11.3 Å². The molecule has 1 aromatic carbocycles. The minimum atomic E-state index is -1.22. The minimum absolute atomic E-state index is 0. The fourth-order valence-electron chi connectivity index (χ4n) is 2.70. The van der Waals surface area contributed by atoms with Crippen LogP contribution in [-0.4, -0.2) is 28.9 Å². The van der Waals surface area contributed by atoms with Gasteiger partial charge in [-0.2, -0.15) is 0 Å². The van der Waals surface area contributed by atoms with Gasteiger partial charge in [0, 0.05) is 31.2 Å². The van der Waals surface area contributed by atoms with Gasteiger partial charge < -0.3 is 14.9 Å². The number of carboxylic acid groups (broad SMARTS) is 1. The molecule has 3 N–H and O–H groups in total. The van der Waals surface area contributed by atoms with Gasteiger partial charge in [-0.3, -0.25) is 5.32 Å². The van der Waals surface area contributed by atoms with Crippen LogP contribution in [0.5, 0.6) is 5.75 Å². The Kier molecular flexibility index (Phi) is 14.5. The Morgan fingerprint density at radius 3 is 2.04 bits per heavy atom. The molecule has 1 aromatic rings. The van der Waals surface area contributed by atoms with E-state index in [1.807, 2.05) is 0 Å². The van der Waals surface area contributed by atoms with Crippen molar-refractivity contribution in [2.45, 2.75) is 71.1 Å². The zero-order valence-corrected chi connectivity index (χ0v) is 19.3. The van der Waals surface area contributed by atoms with Crippen molar-refractivity contribution in [1.82, 2.24) is 0 Å². The van der Waals surface area contributed by atoms with Crippen LogP contribution in [0, 0.1) is 0 Å². The van der Waals surface area contributed by atoms with Gasteiger partial charge in [-0.05, 0) is 18.6 Å². The van der Waals surface area contributed by atoms with Crippen LogP contribution in [0.4, 0.5) is 10.5 Å². The van der Waals surface area contributed by atoms with Gasteiger partial charge in [0.15, 0.2) is 0 Å². The number of benzene rings is 1.